The lowest BCUT2D eigenvalue weighted by molar-refractivity contribution is -0.135. The van der Waals surface area contributed by atoms with Gasteiger partial charge in [-0.25, -0.2) is 14.2 Å². The van der Waals surface area contributed by atoms with Crippen molar-refractivity contribution >= 4 is 17.9 Å². The van der Waals surface area contributed by atoms with Crippen molar-refractivity contribution in [2.75, 3.05) is 11.4 Å². The van der Waals surface area contributed by atoms with Gasteiger partial charge in [-0.15, -0.1) is 0 Å². The Morgan fingerprint density at radius 2 is 1.91 bits per heavy atom. The summed E-state index contributed by atoms with van der Waals surface area (Å²) in [7, 11) is 0. The molecular weight excluding hydrogens is 291 g/mol. The van der Waals surface area contributed by atoms with Crippen LogP contribution in [0, 0.1) is 5.82 Å². The molecule has 0 aliphatic heterocycles. The Morgan fingerprint density at radius 1 is 1.18 bits per heavy atom. The van der Waals surface area contributed by atoms with Crippen LogP contribution in [0.25, 0.3) is 0 Å². The molecule has 0 saturated carbocycles. The third-order valence-electron chi connectivity index (χ3n) is 2.71. The van der Waals surface area contributed by atoms with Gasteiger partial charge in [0.2, 0.25) is 0 Å². The second kappa shape index (κ2) is 7.16. The Labute approximate surface area is 125 Å². The number of aliphatic carboxylic acids is 1. The molecule has 0 saturated heterocycles. The molecule has 1 N–H and O–H groups in total. The highest BCUT2D eigenvalue weighted by Crippen LogP contribution is 2.13. The number of aromatic nitrogens is 1. The predicted molar refractivity (Wildman–Crippen MR) is 75.8 cm³/mol. The maximum atomic E-state index is 12.9. The van der Waals surface area contributed by atoms with Crippen molar-refractivity contribution in [2.24, 2.45) is 0 Å². The van der Waals surface area contributed by atoms with Crippen LogP contribution in [0.5, 0.6) is 0 Å². The highest BCUT2D eigenvalue weighted by atomic mass is 19.1. The number of nitrogens with zero attached hydrogens (tertiary/aromatic N) is 2. The fourth-order valence-corrected chi connectivity index (χ4v) is 1.70. The first-order chi connectivity index (χ1) is 10.6. The van der Waals surface area contributed by atoms with E-state index in [2.05, 4.69) is 4.98 Å². The summed E-state index contributed by atoms with van der Waals surface area (Å²) in [5.41, 5.74) is 0.762. The van der Waals surface area contributed by atoms with E-state index in [-0.39, 0.29) is 12.4 Å². The van der Waals surface area contributed by atoms with Gasteiger partial charge >= 0.3 is 12.1 Å². The molecule has 0 unspecified atom stereocenters. The molecule has 0 atom stereocenters. The minimum atomic E-state index is -1.23. The largest absolute Gasteiger partial charge is 0.480 e. The van der Waals surface area contributed by atoms with Crippen LogP contribution in [0.15, 0.2) is 48.7 Å². The first kappa shape index (κ1) is 15.4. The van der Waals surface area contributed by atoms with Gasteiger partial charge in [0.15, 0.2) is 0 Å². The zero-order valence-electron chi connectivity index (χ0n) is 11.5. The highest BCUT2D eigenvalue weighted by Gasteiger charge is 2.21. The summed E-state index contributed by atoms with van der Waals surface area (Å²) in [5.74, 6) is -1.82. The fraction of sp³-hybridized carbons (Fsp3) is 0.133. The van der Waals surface area contributed by atoms with E-state index in [0.717, 1.165) is 22.7 Å². The lowest BCUT2D eigenvalue weighted by Gasteiger charge is -2.19. The molecule has 1 aromatic carbocycles. The van der Waals surface area contributed by atoms with E-state index in [1.54, 1.807) is 24.3 Å². The number of halogens is 1. The van der Waals surface area contributed by atoms with Gasteiger partial charge in [0.25, 0.3) is 0 Å². The average Bonchev–Trinajstić information content (AvgIpc) is 2.52. The van der Waals surface area contributed by atoms with E-state index in [1.165, 1.54) is 6.07 Å². The van der Waals surface area contributed by atoms with Crippen LogP contribution in [0.4, 0.5) is 15.0 Å². The molecule has 2 aromatic rings. The number of ether oxygens (including phenoxy) is 1. The van der Waals surface area contributed by atoms with E-state index >= 15 is 0 Å². The molecule has 0 fully saturated rings. The average molecular weight is 304 g/mol. The van der Waals surface area contributed by atoms with E-state index in [4.69, 9.17) is 9.84 Å². The number of benzene rings is 1. The number of rotatable bonds is 5. The number of carbonyl (C=O) groups is 2. The Hall–Kier alpha value is -2.96. The zero-order chi connectivity index (χ0) is 15.9. The molecule has 0 aliphatic rings. The van der Waals surface area contributed by atoms with Gasteiger partial charge in [-0.1, -0.05) is 30.3 Å². The molecule has 1 amide bonds. The van der Waals surface area contributed by atoms with E-state index in [1.807, 2.05) is 6.07 Å². The Balaban J connectivity index is 2.09. The minimum Gasteiger partial charge on any atom is -0.480 e. The number of carboxylic acid groups (broad SMARTS) is 1. The number of anilines is 1. The molecule has 22 heavy (non-hydrogen) atoms. The van der Waals surface area contributed by atoms with Gasteiger partial charge < -0.3 is 9.84 Å². The lowest BCUT2D eigenvalue weighted by atomic mass is 10.2. The standard InChI is InChI=1S/C15H13FN2O4/c16-12-6-7-13(17-8-12)18(9-14(19)20)15(21)22-10-11-4-2-1-3-5-11/h1-8H,9-10H2,(H,19,20). The molecule has 1 aromatic heterocycles. The third kappa shape index (κ3) is 4.27. The van der Waals surface area contributed by atoms with Crippen molar-refractivity contribution in [3.63, 3.8) is 0 Å². The van der Waals surface area contributed by atoms with Crippen LogP contribution in [-0.4, -0.2) is 28.7 Å². The summed E-state index contributed by atoms with van der Waals surface area (Å²) >= 11 is 0. The smallest absolute Gasteiger partial charge is 0.416 e. The molecule has 0 aliphatic carbocycles. The van der Waals surface area contributed by atoms with Crippen molar-refractivity contribution < 1.29 is 23.8 Å². The van der Waals surface area contributed by atoms with Gasteiger partial charge in [-0.05, 0) is 17.7 Å². The van der Waals surface area contributed by atoms with Crippen LogP contribution >= 0.6 is 0 Å². The Morgan fingerprint density at radius 3 is 2.50 bits per heavy atom. The van der Waals surface area contributed by atoms with Crippen molar-refractivity contribution in [1.82, 2.24) is 4.98 Å². The summed E-state index contributed by atoms with van der Waals surface area (Å²) in [6, 6.07) is 11.2. The molecular formula is C15H13FN2O4. The Kier molecular flexibility index (Phi) is 5.02. The number of hydrogen-bond donors (Lipinski definition) is 1. The third-order valence-corrected chi connectivity index (χ3v) is 2.71. The topological polar surface area (TPSA) is 79.7 Å². The minimum absolute atomic E-state index is 0.00172. The van der Waals surface area contributed by atoms with E-state index in [9.17, 15) is 14.0 Å². The molecule has 1 heterocycles. The number of pyridine rings is 1. The first-order valence-electron chi connectivity index (χ1n) is 6.38. The number of hydrogen-bond acceptors (Lipinski definition) is 4. The summed E-state index contributed by atoms with van der Waals surface area (Å²) in [5, 5.41) is 8.88. The van der Waals surface area contributed by atoms with Gasteiger partial charge in [-0.2, -0.15) is 0 Å². The fourth-order valence-electron chi connectivity index (χ4n) is 1.70. The van der Waals surface area contributed by atoms with Gasteiger partial charge in [0.1, 0.15) is 24.8 Å². The van der Waals surface area contributed by atoms with Crippen molar-refractivity contribution in [1.29, 1.82) is 0 Å². The van der Waals surface area contributed by atoms with Gasteiger partial charge in [0.05, 0.1) is 6.20 Å². The van der Waals surface area contributed by atoms with Crippen LogP contribution in [0.2, 0.25) is 0 Å². The van der Waals surface area contributed by atoms with Gasteiger partial charge in [0, 0.05) is 0 Å². The maximum absolute atomic E-state index is 12.9. The molecule has 7 heteroatoms. The molecule has 0 radical (unpaired) electrons. The SMILES string of the molecule is O=C(O)CN(C(=O)OCc1ccccc1)c1ccc(F)cn1. The van der Waals surface area contributed by atoms with E-state index in [0.29, 0.717) is 0 Å². The van der Waals surface area contributed by atoms with Crippen molar-refractivity contribution in [2.45, 2.75) is 6.61 Å². The van der Waals surface area contributed by atoms with Crippen LogP contribution < -0.4 is 4.90 Å². The van der Waals surface area contributed by atoms with Crippen molar-refractivity contribution in [3.8, 4) is 0 Å². The second-order valence-electron chi connectivity index (χ2n) is 4.35. The predicted octanol–water partition coefficient (Wildman–Crippen LogP) is 2.45. The number of amides is 1. The Bertz CT molecular complexity index is 646. The molecule has 2 rings (SSSR count). The monoisotopic (exact) mass is 304 g/mol. The molecule has 0 spiro atoms. The summed E-state index contributed by atoms with van der Waals surface area (Å²) < 4.78 is 17.9. The summed E-state index contributed by atoms with van der Waals surface area (Å²) in [4.78, 5) is 27.4. The van der Waals surface area contributed by atoms with Gasteiger partial charge in [-0.3, -0.25) is 9.69 Å². The first-order valence-corrected chi connectivity index (χ1v) is 6.38. The summed E-state index contributed by atoms with van der Waals surface area (Å²) in [6.07, 6.45) is 0.0274. The molecule has 6 nitrogen and oxygen atoms in total. The zero-order valence-corrected chi connectivity index (χ0v) is 11.5. The molecule has 114 valence electrons. The molecule has 0 bridgehead atoms. The van der Waals surface area contributed by atoms with E-state index < -0.39 is 24.4 Å². The quantitative estimate of drug-likeness (QED) is 0.917. The van der Waals surface area contributed by atoms with Crippen molar-refractivity contribution in [3.05, 3.63) is 60.0 Å². The number of carbonyl (C=O) groups excluding carboxylic acids is 1. The number of carboxylic acids is 1. The van der Waals surface area contributed by atoms with Crippen LogP contribution in [0.3, 0.4) is 0 Å². The normalized spacial score (nSPS) is 10.0. The van der Waals surface area contributed by atoms with Crippen LogP contribution in [0.1, 0.15) is 5.56 Å². The summed E-state index contributed by atoms with van der Waals surface area (Å²) in [6.45, 7) is -0.636. The highest BCUT2D eigenvalue weighted by molar-refractivity contribution is 5.91. The lowest BCUT2D eigenvalue weighted by Crippen LogP contribution is -2.36. The maximum Gasteiger partial charge on any atom is 0.416 e. The van der Waals surface area contributed by atoms with Crippen LogP contribution in [-0.2, 0) is 16.1 Å². The second-order valence-corrected chi connectivity index (χ2v) is 4.35.